The largest absolute Gasteiger partial charge is 0.493 e. The maximum atomic E-state index is 5.82. The molecule has 0 atom stereocenters. The average molecular weight is 277 g/mol. The number of ether oxygens (including phenoxy) is 2. The molecule has 0 aliphatic rings. The van der Waals surface area contributed by atoms with Crippen LogP contribution in [0.5, 0.6) is 11.5 Å². The van der Waals surface area contributed by atoms with Crippen molar-refractivity contribution in [3.05, 3.63) is 45.6 Å². The maximum absolute atomic E-state index is 5.82. The molecule has 0 aliphatic heterocycles. The van der Waals surface area contributed by atoms with Gasteiger partial charge in [-0.3, -0.25) is 0 Å². The van der Waals surface area contributed by atoms with E-state index < -0.39 is 0 Å². The Labute approximate surface area is 118 Å². The van der Waals surface area contributed by atoms with Gasteiger partial charge in [-0.1, -0.05) is 13.0 Å². The second-order valence-corrected chi connectivity index (χ2v) is 5.45. The van der Waals surface area contributed by atoms with Gasteiger partial charge in [0.1, 0.15) is 6.61 Å². The highest BCUT2D eigenvalue weighted by molar-refractivity contribution is 7.11. The fourth-order valence-corrected chi connectivity index (χ4v) is 2.67. The first-order valence-electron chi connectivity index (χ1n) is 6.34. The second-order valence-electron chi connectivity index (χ2n) is 4.20. The molecule has 0 saturated heterocycles. The molecule has 0 unspecified atom stereocenters. The summed E-state index contributed by atoms with van der Waals surface area (Å²) in [5.74, 6) is 1.49. The summed E-state index contributed by atoms with van der Waals surface area (Å²) >= 11 is 1.79. The fourth-order valence-electron chi connectivity index (χ4n) is 1.80. The number of benzene rings is 1. The van der Waals surface area contributed by atoms with E-state index in [0.29, 0.717) is 13.2 Å². The third kappa shape index (κ3) is 3.49. The van der Waals surface area contributed by atoms with Gasteiger partial charge in [0.25, 0.3) is 0 Å². The number of thiophene rings is 1. The average Bonchev–Trinajstić information content (AvgIpc) is 2.92. The van der Waals surface area contributed by atoms with Crippen LogP contribution in [0.2, 0.25) is 0 Å². The van der Waals surface area contributed by atoms with Crippen LogP contribution in [0.3, 0.4) is 0 Å². The molecule has 3 nitrogen and oxygen atoms in total. The van der Waals surface area contributed by atoms with Crippen molar-refractivity contribution >= 4 is 11.3 Å². The van der Waals surface area contributed by atoms with Crippen LogP contribution in [-0.2, 0) is 19.6 Å². The zero-order valence-corrected chi connectivity index (χ0v) is 12.1. The predicted octanol–water partition coefficient (Wildman–Crippen LogP) is 3.36. The molecule has 2 aromatic rings. The maximum Gasteiger partial charge on any atom is 0.161 e. The summed E-state index contributed by atoms with van der Waals surface area (Å²) in [7, 11) is 1.64. The topological polar surface area (TPSA) is 44.5 Å². The van der Waals surface area contributed by atoms with E-state index in [1.54, 1.807) is 18.4 Å². The minimum absolute atomic E-state index is 0.501. The number of rotatable bonds is 6. The predicted molar refractivity (Wildman–Crippen MR) is 78.9 cm³/mol. The third-order valence-corrected chi connectivity index (χ3v) is 4.10. The van der Waals surface area contributed by atoms with Crippen molar-refractivity contribution in [2.24, 2.45) is 5.73 Å². The zero-order valence-electron chi connectivity index (χ0n) is 11.3. The van der Waals surface area contributed by atoms with Crippen LogP contribution >= 0.6 is 11.3 Å². The molecular weight excluding hydrogens is 258 g/mol. The molecule has 0 spiro atoms. The van der Waals surface area contributed by atoms with Crippen molar-refractivity contribution in [1.29, 1.82) is 0 Å². The molecule has 19 heavy (non-hydrogen) atoms. The first-order chi connectivity index (χ1) is 9.26. The van der Waals surface area contributed by atoms with E-state index in [4.69, 9.17) is 15.2 Å². The highest BCUT2D eigenvalue weighted by Crippen LogP contribution is 2.29. The summed E-state index contributed by atoms with van der Waals surface area (Å²) in [5.41, 5.74) is 6.65. The van der Waals surface area contributed by atoms with Crippen molar-refractivity contribution < 1.29 is 9.47 Å². The van der Waals surface area contributed by atoms with Crippen molar-refractivity contribution in [1.82, 2.24) is 0 Å². The normalized spacial score (nSPS) is 10.5. The Morgan fingerprint density at radius 1 is 1.11 bits per heavy atom. The molecule has 0 aliphatic carbocycles. The Bertz CT molecular complexity index is 537. The summed E-state index contributed by atoms with van der Waals surface area (Å²) in [4.78, 5) is 2.60. The van der Waals surface area contributed by atoms with Crippen molar-refractivity contribution in [3.63, 3.8) is 0 Å². The Balaban J connectivity index is 2.06. The molecule has 1 heterocycles. The van der Waals surface area contributed by atoms with Gasteiger partial charge in [-0.05, 0) is 36.2 Å². The van der Waals surface area contributed by atoms with Crippen LogP contribution in [0, 0.1) is 0 Å². The van der Waals surface area contributed by atoms with Crippen LogP contribution in [0.25, 0.3) is 0 Å². The van der Waals surface area contributed by atoms with Gasteiger partial charge in [-0.25, -0.2) is 0 Å². The monoisotopic (exact) mass is 277 g/mol. The Hall–Kier alpha value is -1.52. The first-order valence-corrected chi connectivity index (χ1v) is 7.15. The fraction of sp³-hybridized carbons (Fsp3) is 0.333. The minimum Gasteiger partial charge on any atom is -0.493 e. The van der Waals surface area contributed by atoms with Gasteiger partial charge in [0.15, 0.2) is 11.5 Å². The van der Waals surface area contributed by atoms with Crippen LogP contribution in [-0.4, -0.2) is 7.11 Å². The summed E-state index contributed by atoms with van der Waals surface area (Å²) in [6.45, 7) is 3.23. The second kappa shape index (κ2) is 6.59. The summed E-state index contributed by atoms with van der Waals surface area (Å²) in [5, 5.41) is 0. The lowest BCUT2D eigenvalue weighted by Crippen LogP contribution is -2.00. The molecular formula is C15H19NO2S. The molecule has 2 N–H and O–H groups in total. The smallest absolute Gasteiger partial charge is 0.161 e. The van der Waals surface area contributed by atoms with Gasteiger partial charge >= 0.3 is 0 Å². The van der Waals surface area contributed by atoms with E-state index in [0.717, 1.165) is 23.5 Å². The number of hydrogen-bond donors (Lipinski definition) is 1. The molecule has 0 saturated carbocycles. The van der Waals surface area contributed by atoms with E-state index in [9.17, 15) is 0 Å². The molecule has 2 rings (SSSR count). The molecule has 4 heteroatoms. The molecule has 0 fully saturated rings. The number of nitrogens with two attached hydrogens (primary N) is 1. The van der Waals surface area contributed by atoms with E-state index >= 15 is 0 Å². The molecule has 0 bridgehead atoms. The van der Waals surface area contributed by atoms with Crippen LogP contribution in [0.1, 0.15) is 22.2 Å². The molecule has 1 aromatic heterocycles. The van der Waals surface area contributed by atoms with Crippen molar-refractivity contribution in [2.45, 2.75) is 26.5 Å². The molecule has 0 amide bonds. The highest BCUT2D eigenvalue weighted by Gasteiger charge is 2.06. The number of aryl methyl sites for hydroxylation is 1. The van der Waals surface area contributed by atoms with Gasteiger partial charge < -0.3 is 15.2 Å². The SMILES string of the molecule is CCc1ccc(COc2ccc(CN)cc2OC)s1. The van der Waals surface area contributed by atoms with Crippen LogP contribution in [0.4, 0.5) is 0 Å². The third-order valence-electron chi connectivity index (χ3n) is 2.90. The molecule has 1 aromatic carbocycles. The van der Waals surface area contributed by atoms with Gasteiger partial charge in [0.2, 0.25) is 0 Å². The lowest BCUT2D eigenvalue weighted by atomic mass is 10.2. The van der Waals surface area contributed by atoms with Crippen LogP contribution in [0.15, 0.2) is 30.3 Å². The van der Waals surface area contributed by atoms with Crippen LogP contribution < -0.4 is 15.2 Å². The zero-order chi connectivity index (χ0) is 13.7. The highest BCUT2D eigenvalue weighted by atomic mass is 32.1. The van der Waals surface area contributed by atoms with Gasteiger partial charge in [0, 0.05) is 16.3 Å². The van der Waals surface area contributed by atoms with E-state index in [1.807, 2.05) is 18.2 Å². The van der Waals surface area contributed by atoms with Gasteiger partial charge in [-0.2, -0.15) is 0 Å². The van der Waals surface area contributed by atoms with Gasteiger partial charge in [-0.15, -0.1) is 11.3 Å². The molecule has 0 radical (unpaired) electrons. The van der Waals surface area contributed by atoms with Gasteiger partial charge in [0.05, 0.1) is 7.11 Å². The minimum atomic E-state index is 0.501. The summed E-state index contributed by atoms with van der Waals surface area (Å²) in [6, 6.07) is 10.1. The standard InChI is InChI=1S/C15H19NO2S/c1-3-12-5-6-13(19-12)10-18-14-7-4-11(9-16)8-15(14)17-2/h4-8H,3,9-10,16H2,1-2H3. The summed E-state index contributed by atoms with van der Waals surface area (Å²) in [6.07, 6.45) is 1.07. The lowest BCUT2D eigenvalue weighted by molar-refractivity contribution is 0.287. The van der Waals surface area contributed by atoms with E-state index in [2.05, 4.69) is 19.1 Å². The first kappa shape index (κ1) is 13.9. The molecule has 102 valence electrons. The number of hydrogen-bond acceptors (Lipinski definition) is 4. The number of methoxy groups -OCH3 is 1. The quantitative estimate of drug-likeness (QED) is 0.880. The van der Waals surface area contributed by atoms with Crippen molar-refractivity contribution in [3.8, 4) is 11.5 Å². The Kier molecular flexibility index (Phi) is 4.82. The Morgan fingerprint density at radius 2 is 1.89 bits per heavy atom. The van der Waals surface area contributed by atoms with E-state index in [-0.39, 0.29) is 0 Å². The Morgan fingerprint density at radius 3 is 2.53 bits per heavy atom. The van der Waals surface area contributed by atoms with Crippen molar-refractivity contribution in [2.75, 3.05) is 7.11 Å². The van der Waals surface area contributed by atoms with E-state index in [1.165, 1.54) is 9.75 Å². The lowest BCUT2D eigenvalue weighted by Gasteiger charge is -2.11. The summed E-state index contributed by atoms with van der Waals surface area (Å²) < 4.78 is 11.1.